The maximum Gasteiger partial charge on any atom is 0.161 e. The molecule has 0 aliphatic carbocycles. The molecule has 1 N–H and O–H groups in total. The molecule has 0 fully saturated rings. The minimum atomic E-state index is -0.0258. The normalized spacial score (nSPS) is 9.64. The van der Waals surface area contributed by atoms with Crippen LogP contribution in [0.25, 0.3) is 0 Å². The Balaban J connectivity index is 3.12. The molecule has 11 heavy (non-hydrogen) atoms. The van der Waals surface area contributed by atoms with Crippen LogP contribution in [-0.4, -0.2) is 10.3 Å². The summed E-state index contributed by atoms with van der Waals surface area (Å²) >= 11 is 0.603. The molecule has 0 aromatic heterocycles. The van der Waals surface area contributed by atoms with Crippen LogP contribution >= 0.6 is 12.0 Å². The van der Waals surface area contributed by atoms with Crippen molar-refractivity contribution in [2.24, 2.45) is 0 Å². The quantitative estimate of drug-likeness (QED) is 0.544. The van der Waals surface area contributed by atoms with Gasteiger partial charge in [-0.1, -0.05) is 18.2 Å². The molecule has 1 aromatic carbocycles. The summed E-state index contributed by atoms with van der Waals surface area (Å²) in [5, 5.41) is 0. The Bertz CT molecular complexity index is 271. The maximum atomic E-state index is 10.9. The summed E-state index contributed by atoms with van der Waals surface area (Å²) in [4.78, 5) is 11.5. The highest BCUT2D eigenvalue weighted by atomic mass is 32.2. The summed E-state index contributed by atoms with van der Waals surface area (Å²) in [6.45, 7) is 1.48. The Morgan fingerprint density at radius 1 is 1.45 bits per heavy atom. The zero-order valence-corrected chi connectivity index (χ0v) is 6.89. The van der Waals surface area contributed by atoms with Crippen molar-refractivity contribution in [2.45, 2.75) is 11.8 Å². The highest BCUT2D eigenvalue weighted by Crippen LogP contribution is 2.19. The number of rotatable bonds is 2. The molecule has 0 amide bonds. The van der Waals surface area contributed by atoms with Gasteiger partial charge in [0, 0.05) is 22.5 Å². The zero-order chi connectivity index (χ0) is 8.27. The molecule has 0 radical (unpaired) electrons. The molecule has 3 heteroatoms. The van der Waals surface area contributed by atoms with Crippen LogP contribution in [0.5, 0.6) is 0 Å². The topological polar surface area (TPSA) is 37.3 Å². The van der Waals surface area contributed by atoms with Gasteiger partial charge in [0.2, 0.25) is 0 Å². The van der Waals surface area contributed by atoms with Gasteiger partial charge in [0.1, 0.15) is 0 Å². The van der Waals surface area contributed by atoms with Crippen molar-refractivity contribution in [1.82, 2.24) is 0 Å². The van der Waals surface area contributed by atoms with Gasteiger partial charge >= 0.3 is 0 Å². The highest BCUT2D eigenvalue weighted by molar-refractivity contribution is 7.93. The van der Waals surface area contributed by atoms with Crippen molar-refractivity contribution in [1.29, 1.82) is 0 Å². The SMILES string of the molecule is CC(=O)c1ccccc1SO. The minimum absolute atomic E-state index is 0.0258. The average Bonchev–Trinajstić information content (AvgIpc) is 2.04. The van der Waals surface area contributed by atoms with E-state index < -0.39 is 0 Å². The molecular weight excluding hydrogens is 160 g/mol. The third-order valence-electron chi connectivity index (χ3n) is 1.36. The number of carbonyl (C=O) groups excluding carboxylic acids is 1. The molecule has 0 spiro atoms. The van der Waals surface area contributed by atoms with Gasteiger partial charge in [-0.15, -0.1) is 0 Å². The third-order valence-corrected chi connectivity index (χ3v) is 1.92. The van der Waals surface area contributed by atoms with Crippen molar-refractivity contribution in [3.8, 4) is 0 Å². The maximum absolute atomic E-state index is 10.9. The third kappa shape index (κ3) is 1.82. The molecule has 0 heterocycles. The van der Waals surface area contributed by atoms with E-state index in [1.54, 1.807) is 24.3 Å². The molecule has 0 saturated carbocycles. The van der Waals surface area contributed by atoms with Gasteiger partial charge < -0.3 is 4.55 Å². The summed E-state index contributed by atoms with van der Waals surface area (Å²) in [5.74, 6) is -0.0258. The molecule has 2 nitrogen and oxygen atoms in total. The molecule has 0 aliphatic heterocycles. The smallest absolute Gasteiger partial charge is 0.161 e. The fourth-order valence-corrected chi connectivity index (χ4v) is 1.29. The van der Waals surface area contributed by atoms with Crippen LogP contribution in [0.2, 0.25) is 0 Å². The van der Waals surface area contributed by atoms with E-state index in [0.717, 1.165) is 0 Å². The number of hydrogen-bond donors (Lipinski definition) is 1. The molecule has 0 unspecified atom stereocenters. The number of carbonyl (C=O) groups is 1. The Labute approximate surface area is 69.4 Å². The number of Topliss-reactive ketones (excluding diaryl/α,β-unsaturated/α-hetero) is 1. The lowest BCUT2D eigenvalue weighted by Gasteiger charge is -1.99. The van der Waals surface area contributed by atoms with Gasteiger partial charge in [0.25, 0.3) is 0 Å². The minimum Gasteiger partial charge on any atom is -0.325 e. The van der Waals surface area contributed by atoms with E-state index in [9.17, 15) is 4.79 Å². The summed E-state index contributed by atoms with van der Waals surface area (Å²) in [6, 6.07) is 6.96. The average molecular weight is 168 g/mol. The van der Waals surface area contributed by atoms with Crippen LogP contribution in [0.3, 0.4) is 0 Å². The van der Waals surface area contributed by atoms with E-state index in [0.29, 0.717) is 22.5 Å². The van der Waals surface area contributed by atoms with Gasteiger partial charge in [-0.3, -0.25) is 4.79 Å². The van der Waals surface area contributed by atoms with Crippen molar-refractivity contribution in [3.05, 3.63) is 29.8 Å². The van der Waals surface area contributed by atoms with Crippen molar-refractivity contribution in [2.75, 3.05) is 0 Å². The molecule has 1 rings (SSSR count). The van der Waals surface area contributed by atoms with Crippen LogP contribution in [0.4, 0.5) is 0 Å². The molecule has 0 bridgehead atoms. The molecular formula is C8H8O2S. The predicted molar refractivity (Wildman–Crippen MR) is 44.9 cm³/mol. The fraction of sp³-hybridized carbons (Fsp3) is 0.125. The first-order valence-electron chi connectivity index (χ1n) is 3.17. The Hall–Kier alpha value is -0.800. The number of hydrogen-bond acceptors (Lipinski definition) is 3. The van der Waals surface area contributed by atoms with Crippen LogP contribution < -0.4 is 0 Å². The van der Waals surface area contributed by atoms with Gasteiger partial charge in [0.15, 0.2) is 5.78 Å². The van der Waals surface area contributed by atoms with Crippen molar-refractivity contribution < 1.29 is 9.35 Å². The zero-order valence-electron chi connectivity index (χ0n) is 6.07. The Morgan fingerprint density at radius 3 is 2.55 bits per heavy atom. The molecule has 0 aliphatic rings. The summed E-state index contributed by atoms with van der Waals surface area (Å²) < 4.78 is 8.73. The first-order valence-corrected chi connectivity index (χ1v) is 3.94. The van der Waals surface area contributed by atoms with E-state index in [2.05, 4.69) is 0 Å². The van der Waals surface area contributed by atoms with Crippen LogP contribution in [0.1, 0.15) is 17.3 Å². The van der Waals surface area contributed by atoms with Crippen LogP contribution in [0, 0.1) is 0 Å². The standard InChI is InChI=1S/C8H8O2S/c1-6(9)7-4-2-3-5-8(7)11-10/h2-5,10H,1H3. The second kappa shape index (κ2) is 3.55. The summed E-state index contributed by atoms with van der Waals surface area (Å²) in [6.07, 6.45) is 0. The van der Waals surface area contributed by atoms with E-state index in [-0.39, 0.29) is 5.78 Å². The van der Waals surface area contributed by atoms with Crippen LogP contribution in [-0.2, 0) is 0 Å². The summed E-state index contributed by atoms with van der Waals surface area (Å²) in [7, 11) is 0. The lowest BCUT2D eigenvalue weighted by Crippen LogP contribution is -1.93. The molecule has 1 aromatic rings. The van der Waals surface area contributed by atoms with Gasteiger partial charge in [0.05, 0.1) is 0 Å². The number of benzene rings is 1. The lowest BCUT2D eigenvalue weighted by atomic mass is 10.1. The molecule has 58 valence electrons. The van der Waals surface area contributed by atoms with Gasteiger partial charge in [-0.05, 0) is 13.0 Å². The molecule has 0 atom stereocenters. The predicted octanol–water partition coefficient (Wildman–Crippen LogP) is 2.45. The van der Waals surface area contributed by atoms with Gasteiger partial charge in [-0.25, -0.2) is 0 Å². The summed E-state index contributed by atoms with van der Waals surface area (Å²) in [5.41, 5.74) is 0.569. The lowest BCUT2D eigenvalue weighted by molar-refractivity contribution is 0.101. The van der Waals surface area contributed by atoms with Gasteiger partial charge in [-0.2, -0.15) is 0 Å². The second-order valence-corrected chi connectivity index (χ2v) is 2.77. The van der Waals surface area contributed by atoms with E-state index in [1.165, 1.54) is 6.92 Å². The fourth-order valence-electron chi connectivity index (χ4n) is 0.837. The second-order valence-electron chi connectivity index (χ2n) is 2.14. The first-order chi connectivity index (χ1) is 5.25. The monoisotopic (exact) mass is 168 g/mol. The van der Waals surface area contributed by atoms with Crippen molar-refractivity contribution in [3.63, 3.8) is 0 Å². The van der Waals surface area contributed by atoms with Crippen LogP contribution in [0.15, 0.2) is 29.2 Å². The number of ketones is 1. The first kappa shape index (κ1) is 8.30. The molecule has 0 saturated heterocycles. The van der Waals surface area contributed by atoms with Crippen molar-refractivity contribution >= 4 is 17.8 Å². The Kier molecular flexibility index (Phi) is 2.68. The largest absolute Gasteiger partial charge is 0.325 e. The van der Waals surface area contributed by atoms with E-state index >= 15 is 0 Å². The Morgan fingerprint density at radius 2 is 2.09 bits per heavy atom. The highest BCUT2D eigenvalue weighted by Gasteiger charge is 2.04. The van der Waals surface area contributed by atoms with E-state index in [4.69, 9.17) is 4.55 Å². The van der Waals surface area contributed by atoms with E-state index in [1.807, 2.05) is 0 Å².